The van der Waals surface area contributed by atoms with Gasteiger partial charge in [-0.05, 0) is 25.0 Å². The SMILES string of the molecule is COc1ccc(OC)c(NC(=O)C2(CN)CCOCC2)c1. The molecule has 1 aliphatic heterocycles. The van der Waals surface area contributed by atoms with E-state index in [0.29, 0.717) is 49.8 Å². The first-order valence-corrected chi connectivity index (χ1v) is 6.96. The molecule has 0 radical (unpaired) electrons. The number of carbonyl (C=O) groups excluding carboxylic acids is 1. The predicted octanol–water partition coefficient (Wildman–Crippen LogP) is 1.40. The summed E-state index contributed by atoms with van der Waals surface area (Å²) in [6.45, 7) is 1.41. The van der Waals surface area contributed by atoms with E-state index >= 15 is 0 Å². The summed E-state index contributed by atoms with van der Waals surface area (Å²) in [6.07, 6.45) is 1.25. The summed E-state index contributed by atoms with van der Waals surface area (Å²) in [5.41, 5.74) is 5.85. The molecule has 0 unspecified atom stereocenters. The number of carbonyl (C=O) groups is 1. The molecule has 0 spiro atoms. The lowest BCUT2D eigenvalue weighted by atomic mass is 9.79. The number of hydrogen-bond donors (Lipinski definition) is 2. The van der Waals surface area contributed by atoms with Gasteiger partial charge >= 0.3 is 0 Å². The summed E-state index contributed by atoms with van der Waals surface area (Å²) in [5, 5.41) is 2.92. The number of methoxy groups -OCH3 is 2. The Morgan fingerprint density at radius 2 is 2.05 bits per heavy atom. The highest BCUT2D eigenvalue weighted by molar-refractivity contribution is 5.97. The van der Waals surface area contributed by atoms with Crippen LogP contribution >= 0.6 is 0 Å². The van der Waals surface area contributed by atoms with E-state index in [1.54, 1.807) is 32.4 Å². The van der Waals surface area contributed by atoms with E-state index in [0.717, 1.165) is 0 Å². The van der Waals surface area contributed by atoms with Gasteiger partial charge in [-0.25, -0.2) is 0 Å². The molecule has 1 fully saturated rings. The van der Waals surface area contributed by atoms with Gasteiger partial charge in [-0.3, -0.25) is 4.79 Å². The molecule has 1 aliphatic rings. The molecule has 1 aromatic rings. The highest BCUT2D eigenvalue weighted by Crippen LogP contribution is 2.34. The number of nitrogens with two attached hydrogens (primary N) is 1. The average Bonchev–Trinajstić information content (AvgIpc) is 2.55. The van der Waals surface area contributed by atoms with Gasteiger partial charge in [0.25, 0.3) is 0 Å². The Balaban J connectivity index is 2.21. The third-order valence-corrected chi connectivity index (χ3v) is 3.98. The van der Waals surface area contributed by atoms with Crippen LogP contribution in [0.4, 0.5) is 5.69 Å². The zero-order valence-electron chi connectivity index (χ0n) is 12.5. The first-order valence-electron chi connectivity index (χ1n) is 6.96. The van der Waals surface area contributed by atoms with Crippen LogP contribution in [0.25, 0.3) is 0 Å². The molecule has 2 rings (SSSR count). The zero-order chi connectivity index (χ0) is 15.3. The number of hydrogen-bond acceptors (Lipinski definition) is 5. The van der Waals surface area contributed by atoms with E-state index in [1.165, 1.54) is 0 Å². The van der Waals surface area contributed by atoms with Crippen molar-refractivity contribution in [2.75, 3.05) is 39.3 Å². The standard InChI is InChI=1S/C15H22N2O4/c1-19-11-3-4-13(20-2)12(9-11)17-14(18)15(10-16)5-7-21-8-6-15/h3-4,9H,5-8,10,16H2,1-2H3,(H,17,18). The quantitative estimate of drug-likeness (QED) is 0.857. The van der Waals surface area contributed by atoms with Gasteiger partial charge in [0.1, 0.15) is 11.5 Å². The largest absolute Gasteiger partial charge is 0.497 e. The molecule has 1 amide bonds. The molecule has 0 saturated carbocycles. The van der Waals surface area contributed by atoms with E-state index in [-0.39, 0.29) is 5.91 Å². The van der Waals surface area contributed by atoms with E-state index in [1.807, 2.05) is 0 Å². The fourth-order valence-electron chi connectivity index (χ4n) is 2.45. The topological polar surface area (TPSA) is 82.8 Å². The normalized spacial score (nSPS) is 17.1. The maximum atomic E-state index is 12.6. The second kappa shape index (κ2) is 6.78. The minimum absolute atomic E-state index is 0.0974. The van der Waals surface area contributed by atoms with Crippen LogP contribution in [0.15, 0.2) is 18.2 Å². The Labute approximate surface area is 124 Å². The van der Waals surface area contributed by atoms with Crippen molar-refractivity contribution < 1.29 is 19.0 Å². The van der Waals surface area contributed by atoms with Gasteiger partial charge in [0, 0.05) is 25.8 Å². The lowest BCUT2D eigenvalue weighted by molar-refractivity contribution is -0.130. The smallest absolute Gasteiger partial charge is 0.232 e. The molecule has 0 aliphatic carbocycles. The van der Waals surface area contributed by atoms with E-state index in [2.05, 4.69) is 5.32 Å². The van der Waals surface area contributed by atoms with Gasteiger partial charge in [-0.1, -0.05) is 0 Å². The lowest BCUT2D eigenvalue weighted by Gasteiger charge is -2.34. The van der Waals surface area contributed by atoms with Gasteiger partial charge in [0.2, 0.25) is 5.91 Å². The molecule has 3 N–H and O–H groups in total. The number of anilines is 1. The monoisotopic (exact) mass is 294 g/mol. The van der Waals surface area contributed by atoms with Gasteiger partial charge in [-0.15, -0.1) is 0 Å². The highest BCUT2D eigenvalue weighted by Gasteiger charge is 2.39. The number of benzene rings is 1. The van der Waals surface area contributed by atoms with Crippen molar-refractivity contribution in [3.63, 3.8) is 0 Å². The maximum Gasteiger partial charge on any atom is 0.232 e. The Kier molecular flexibility index (Phi) is 5.03. The molecule has 1 heterocycles. The van der Waals surface area contributed by atoms with E-state index < -0.39 is 5.41 Å². The number of ether oxygens (including phenoxy) is 3. The molecule has 0 aromatic heterocycles. The van der Waals surface area contributed by atoms with E-state index in [4.69, 9.17) is 19.9 Å². The fraction of sp³-hybridized carbons (Fsp3) is 0.533. The Morgan fingerprint density at radius 3 is 2.62 bits per heavy atom. The summed E-state index contributed by atoms with van der Waals surface area (Å²) in [5.74, 6) is 1.14. The summed E-state index contributed by atoms with van der Waals surface area (Å²) in [7, 11) is 3.14. The molecule has 0 bridgehead atoms. The van der Waals surface area contributed by atoms with Gasteiger partial charge in [-0.2, -0.15) is 0 Å². The molecular weight excluding hydrogens is 272 g/mol. The van der Waals surface area contributed by atoms with Crippen LogP contribution in [-0.4, -0.2) is 39.9 Å². The van der Waals surface area contributed by atoms with Crippen molar-refractivity contribution in [1.82, 2.24) is 0 Å². The lowest BCUT2D eigenvalue weighted by Crippen LogP contribution is -2.46. The molecule has 1 saturated heterocycles. The Hall–Kier alpha value is -1.79. The minimum atomic E-state index is -0.577. The second-order valence-corrected chi connectivity index (χ2v) is 5.12. The Bertz CT molecular complexity index is 498. The van der Waals surface area contributed by atoms with Crippen LogP contribution < -0.4 is 20.5 Å². The summed E-state index contributed by atoms with van der Waals surface area (Å²) < 4.78 is 15.8. The molecule has 6 nitrogen and oxygen atoms in total. The molecular formula is C15H22N2O4. The average molecular weight is 294 g/mol. The molecule has 0 atom stereocenters. The summed E-state index contributed by atoms with van der Waals surface area (Å²) in [4.78, 5) is 12.6. The molecule has 116 valence electrons. The second-order valence-electron chi connectivity index (χ2n) is 5.12. The molecule has 6 heteroatoms. The van der Waals surface area contributed by atoms with Crippen molar-refractivity contribution in [1.29, 1.82) is 0 Å². The van der Waals surface area contributed by atoms with Crippen molar-refractivity contribution in [3.8, 4) is 11.5 Å². The predicted molar refractivity (Wildman–Crippen MR) is 79.7 cm³/mol. The first-order chi connectivity index (χ1) is 10.1. The van der Waals surface area contributed by atoms with Crippen molar-refractivity contribution in [2.24, 2.45) is 11.1 Å². The van der Waals surface area contributed by atoms with Crippen LogP contribution in [-0.2, 0) is 9.53 Å². The fourth-order valence-corrected chi connectivity index (χ4v) is 2.45. The third-order valence-electron chi connectivity index (χ3n) is 3.98. The first kappa shape index (κ1) is 15.6. The number of amides is 1. The maximum absolute atomic E-state index is 12.6. The van der Waals surface area contributed by atoms with Gasteiger partial charge < -0.3 is 25.3 Å². The molecule has 1 aromatic carbocycles. The van der Waals surface area contributed by atoms with Crippen LogP contribution in [0.1, 0.15) is 12.8 Å². The Morgan fingerprint density at radius 1 is 1.33 bits per heavy atom. The van der Waals surface area contributed by atoms with Crippen LogP contribution in [0.5, 0.6) is 11.5 Å². The zero-order valence-corrected chi connectivity index (χ0v) is 12.5. The van der Waals surface area contributed by atoms with Gasteiger partial charge in [0.15, 0.2) is 0 Å². The third kappa shape index (κ3) is 3.28. The van der Waals surface area contributed by atoms with Crippen molar-refractivity contribution >= 4 is 11.6 Å². The van der Waals surface area contributed by atoms with Crippen molar-refractivity contribution in [2.45, 2.75) is 12.8 Å². The van der Waals surface area contributed by atoms with Crippen LogP contribution in [0, 0.1) is 5.41 Å². The van der Waals surface area contributed by atoms with Crippen molar-refractivity contribution in [3.05, 3.63) is 18.2 Å². The van der Waals surface area contributed by atoms with Crippen LogP contribution in [0.2, 0.25) is 0 Å². The van der Waals surface area contributed by atoms with Crippen LogP contribution in [0.3, 0.4) is 0 Å². The van der Waals surface area contributed by atoms with E-state index in [9.17, 15) is 4.79 Å². The summed E-state index contributed by atoms with van der Waals surface area (Å²) in [6, 6.07) is 5.27. The minimum Gasteiger partial charge on any atom is -0.497 e. The molecule has 21 heavy (non-hydrogen) atoms. The van der Waals surface area contributed by atoms with Gasteiger partial charge in [0.05, 0.1) is 25.3 Å². The number of nitrogens with one attached hydrogen (secondary N) is 1. The summed E-state index contributed by atoms with van der Waals surface area (Å²) >= 11 is 0. The number of rotatable bonds is 5. The highest BCUT2D eigenvalue weighted by atomic mass is 16.5.